The van der Waals surface area contributed by atoms with E-state index in [-0.39, 0.29) is 50.8 Å². The summed E-state index contributed by atoms with van der Waals surface area (Å²) in [6.07, 6.45) is -0.0264. The highest BCUT2D eigenvalue weighted by Gasteiger charge is 2.26. The fourth-order valence-corrected chi connectivity index (χ4v) is 3.95. The van der Waals surface area contributed by atoms with Crippen LogP contribution in [0, 0.1) is 0 Å². The molecule has 3 rings (SSSR count). The van der Waals surface area contributed by atoms with Crippen LogP contribution in [0.2, 0.25) is 0 Å². The number of rotatable bonds is 19. The van der Waals surface area contributed by atoms with E-state index in [0.29, 0.717) is 34.8 Å². The first-order valence-corrected chi connectivity index (χ1v) is 15.0. The molecule has 256 valence electrons. The van der Waals surface area contributed by atoms with E-state index in [2.05, 4.69) is 11.9 Å². The number of benzene rings is 3. The summed E-state index contributed by atoms with van der Waals surface area (Å²) in [6.45, 7) is 4.43. The first kappa shape index (κ1) is 37.2. The van der Waals surface area contributed by atoms with Crippen molar-refractivity contribution in [3.8, 4) is 11.5 Å². The Labute approximate surface area is 276 Å². The molecular weight excluding hydrogens is 633 g/mol. The zero-order valence-corrected chi connectivity index (χ0v) is 26.1. The molecule has 0 radical (unpaired) electrons. The second-order valence-electron chi connectivity index (χ2n) is 10.1. The molecule has 3 aromatic carbocycles. The lowest BCUT2D eigenvalue weighted by Gasteiger charge is -2.10. The lowest BCUT2D eigenvalue weighted by molar-refractivity contribution is -0.139. The van der Waals surface area contributed by atoms with Crippen molar-refractivity contribution in [3.05, 3.63) is 102 Å². The summed E-state index contributed by atoms with van der Waals surface area (Å²) in [6, 6.07) is 17.1. The highest BCUT2D eigenvalue weighted by Crippen LogP contribution is 2.22. The largest absolute Gasteiger partial charge is 0.494 e. The second kappa shape index (κ2) is 19.4. The minimum atomic E-state index is -4.23. The van der Waals surface area contributed by atoms with Crippen molar-refractivity contribution in [1.29, 1.82) is 0 Å². The van der Waals surface area contributed by atoms with Crippen LogP contribution >= 0.6 is 0 Å². The Kier molecular flexibility index (Phi) is 15.0. The Morgan fingerprint density at radius 3 is 2.19 bits per heavy atom. The van der Waals surface area contributed by atoms with Gasteiger partial charge in [0.15, 0.2) is 0 Å². The number of hydrogen-bond acceptors (Lipinski definition) is 10. The number of alkyl halides is 3. The van der Waals surface area contributed by atoms with Crippen molar-refractivity contribution in [2.24, 2.45) is 0 Å². The summed E-state index contributed by atoms with van der Waals surface area (Å²) in [4.78, 5) is 36.8. The Morgan fingerprint density at radius 2 is 1.50 bits per heavy atom. The van der Waals surface area contributed by atoms with Crippen LogP contribution in [0.4, 0.5) is 24.5 Å². The van der Waals surface area contributed by atoms with Gasteiger partial charge in [0.05, 0.1) is 30.9 Å². The normalized spacial score (nSPS) is 11.1. The molecule has 0 unspecified atom stereocenters. The maximum Gasteiger partial charge on any atom is 0.389 e. The lowest BCUT2D eigenvalue weighted by Crippen LogP contribution is -2.14. The van der Waals surface area contributed by atoms with Crippen LogP contribution in [-0.4, -0.2) is 63.7 Å². The van der Waals surface area contributed by atoms with Gasteiger partial charge in [-0.25, -0.2) is 14.4 Å². The molecule has 0 heterocycles. The molecule has 0 bridgehead atoms. The van der Waals surface area contributed by atoms with Crippen molar-refractivity contribution in [2.45, 2.75) is 25.4 Å². The summed E-state index contributed by atoms with van der Waals surface area (Å²) in [7, 11) is 0. The van der Waals surface area contributed by atoms with E-state index < -0.39 is 30.5 Å². The highest BCUT2D eigenvalue weighted by atomic mass is 19.4. The Balaban J connectivity index is 1.30. The molecule has 0 atom stereocenters. The molecule has 3 aromatic rings. The van der Waals surface area contributed by atoms with Crippen molar-refractivity contribution in [3.63, 3.8) is 0 Å². The maximum absolute atomic E-state index is 12.4. The van der Waals surface area contributed by atoms with Crippen LogP contribution in [0.15, 0.2) is 85.5 Å². The van der Waals surface area contributed by atoms with E-state index in [0.717, 1.165) is 6.42 Å². The standard InChI is InChI=1S/C35H37F3N2O8/c1-2-3-16-40-29-23-27(22-28(39)24-29)33(42)47-21-19-44-18-20-46-32(41)14-7-25-5-10-31(11-6-25)48-34(43)26-8-12-30(13-9-26)45-17-4-15-35(36,37)38/h2,5-14,22-24,40H,1,3-4,15-21,39H2/b14-7+. The van der Waals surface area contributed by atoms with E-state index in [1.165, 1.54) is 42.5 Å². The summed E-state index contributed by atoms with van der Waals surface area (Å²) < 4.78 is 62.9. The van der Waals surface area contributed by atoms with Crippen molar-refractivity contribution >= 4 is 35.4 Å². The maximum atomic E-state index is 12.4. The first-order chi connectivity index (χ1) is 23.0. The molecule has 0 aliphatic carbocycles. The average Bonchev–Trinajstić information content (AvgIpc) is 3.05. The van der Waals surface area contributed by atoms with Gasteiger partial charge in [-0.1, -0.05) is 18.2 Å². The quantitative estimate of drug-likeness (QED) is 0.0357. The zero-order valence-electron chi connectivity index (χ0n) is 26.1. The third-order valence-corrected chi connectivity index (χ3v) is 6.27. The number of carbonyl (C=O) groups is 3. The minimum absolute atomic E-state index is 0.00421. The fourth-order valence-electron chi connectivity index (χ4n) is 3.95. The molecule has 0 aliphatic heterocycles. The van der Waals surface area contributed by atoms with Gasteiger partial charge < -0.3 is 34.7 Å². The van der Waals surface area contributed by atoms with Gasteiger partial charge in [-0.15, -0.1) is 6.58 Å². The summed E-state index contributed by atoms with van der Waals surface area (Å²) >= 11 is 0. The summed E-state index contributed by atoms with van der Waals surface area (Å²) in [5.74, 6) is -1.15. The number of esters is 3. The third kappa shape index (κ3) is 14.4. The van der Waals surface area contributed by atoms with Gasteiger partial charge in [-0.05, 0) is 79.1 Å². The van der Waals surface area contributed by atoms with Gasteiger partial charge in [-0.3, -0.25) is 0 Å². The molecular formula is C35H37F3N2O8. The molecule has 0 aliphatic rings. The van der Waals surface area contributed by atoms with Crippen LogP contribution in [0.3, 0.4) is 0 Å². The smallest absolute Gasteiger partial charge is 0.389 e. The van der Waals surface area contributed by atoms with E-state index in [9.17, 15) is 27.6 Å². The molecule has 10 nitrogen and oxygen atoms in total. The number of hydrogen-bond donors (Lipinski definition) is 2. The Bertz CT molecular complexity index is 1520. The number of anilines is 2. The van der Waals surface area contributed by atoms with E-state index in [4.69, 9.17) is 29.4 Å². The van der Waals surface area contributed by atoms with Crippen molar-refractivity contribution < 1.29 is 51.2 Å². The monoisotopic (exact) mass is 670 g/mol. The number of nitrogens with one attached hydrogen (secondary N) is 1. The summed E-state index contributed by atoms with van der Waals surface area (Å²) in [5, 5.41) is 3.15. The van der Waals surface area contributed by atoms with Gasteiger partial charge in [-0.2, -0.15) is 13.2 Å². The molecule has 0 amide bonds. The van der Waals surface area contributed by atoms with Gasteiger partial charge in [0, 0.05) is 30.4 Å². The first-order valence-electron chi connectivity index (χ1n) is 15.0. The van der Waals surface area contributed by atoms with E-state index >= 15 is 0 Å². The fraction of sp³-hybridized carbons (Fsp3) is 0.286. The van der Waals surface area contributed by atoms with Gasteiger partial charge in [0.25, 0.3) is 0 Å². The van der Waals surface area contributed by atoms with Gasteiger partial charge in [0.2, 0.25) is 0 Å². The predicted octanol–water partition coefficient (Wildman–Crippen LogP) is 6.63. The Morgan fingerprint density at radius 1 is 0.812 bits per heavy atom. The van der Waals surface area contributed by atoms with Crippen LogP contribution in [0.25, 0.3) is 6.08 Å². The molecule has 13 heteroatoms. The van der Waals surface area contributed by atoms with E-state index in [1.807, 2.05) is 0 Å². The molecule has 0 aromatic heterocycles. The number of nitrogen functional groups attached to an aromatic ring is 1. The van der Waals surface area contributed by atoms with Crippen LogP contribution in [-0.2, 0) is 19.0 Å². The molecule has 0 spiro atoms. The number of ether oxygens (including phenoxy) is 5. The highest BCUT2D eigenvalue weighted by molar-refractivity contribution is 5.92. The number of nitrogens with two attached hydrogens (primary N) is 1. The second-order valence-corrected chi connectivity index (χ2v) is 10.1. The molecule has 0 saturated carbocycles. The Hall–Kier alpha value is -5.30. The molecule has 0 saturated heterocycles. The zero-order chi connectivity index (χ0) is 34.8. The summed E-state index contributed by atoms with van der Waals surface area (Å²) in [5.41, 5.74) is 8.20. The average molecular weight is 671 g/mol. The number of carbonyl (C=O) groups excluding carboxylic acids is 3. The van der Waals surface area contributed by atoms with Crippen LogP contribution in [0.1, 0.15) is 45.5 Å². The topological polar surface area (TPSA) is 135 Å². The molecule has 0 fully saturated rings. The van der Waals surface area contributed by atoms with Gasteiger partial charge >= 0.3 is 24.1 Å². The van der Waals surface area contributed by atoms with Crippen molar-refractivity contribution in [1.82, 2.24) is 0 Å². The van der Waals surface area contributed by atoms with Crippen LogP contribution < -0.4 is 20.5 Å². The SMILES string of the molecule is C=CCCNc1cc(N)cc(C(=O)OCCOCCOC(=O)/C=C/c2ccc(OC(=O)c3ccc(OCCCC(F)(F)F)cc3)cc2)c1. The van der Waals surface area contributed by atoms with E-state index in [1.54, 1.807) is 42.5 Å². The minimum Gasteiger partial charge on any atom is -0.494 e. The molecule has 3 N–H and O–H groups in total. The number of halogens is 3. The predicted molar refractivity (Wildman–Crippen MR) is 174 cm³/mol. The van der Waals surface area contributed by atoms with Gasteiger partial charge in [0.1, 0.15) is 24.7 Å². The van der Waals surface area contributed by atoms with Crippen molar-refractivity contribution in [2.75, 3.05) is 50.6 Å². The third-order valence-electron chi connectivity index (χ3n) is 6.27. The molecule has 48 heavy (non-hydrogen) atoms. The van der Waals surface area contributed by atoms with Crippen LogP contribution in [0.5, 0.6) is 11.5 Å². The lowest BCUT2D eigenvalue weighted by atomic mass is 10.1.